The summed E-state index contributed by atoms with van der Waals surface area (Å²) >= 11 is 5.42. The van der Waals surface area contributed by atoms with Gasteiger partial charge in [0.15, 0.2) is 0 Å². The minimum atomic E-state index is 0.377. The molecule has 0 saturated carbocycles. The van der Waals surface area contributed by atoms with Crippen LogP contribution in [0.5, 0.6) is 0 Å². The SMILES string of the molecule is CCCC(CCC)c1nnc(C(Br)CC)s1. The van der Waals surface area contributed by atoms with Crippen molar-refractivity contribution in [2.75, 3.05) is 0 Å². The van der Waals surface area contributed by atoms with Gasteiger partial charge in [-0.15, -0.1) is 21.5 Å². The Morgan fingerprint density at radius 3 is 2.12 bits per heavy atom. The molecular formula is C12H21BrN2S. The summed E-state index contributed by atoms with van der Waals surface area (Å²) in [5.74, 6) is 0.623. The van der Waals surface area contributed by atoms with Crippen LogP contribution in [0.15, 0.2) is 0 Å². The van der Waals surface area contributed by atoms with Crippen molar-refractivity contribution in [3.05, 3.63) is 10.0 Å². The molecule has 1 unspecified atom stereocenters. The number of alkyl halides is 1. The van der Waals surface area contributed by atoms with E-state index < -0.39 is 0 Å². The van der Waals surface area contributed by atoms with Crippen LogP contribution in [0.3, 0.4) is 0 Å². The Morgan fingerprint density at radius 2 is 1.62 bits per heavy atom. The average molecular weight is 305 g/mol. The van der Waals surface area contributed by atoms with E-state index in [9.17, 15) is 0 Å². The second-order valence-electron chi connectivity index (χ2n) is 4.13. The van der Waals surface area contributed by atoms with Crippen molar-refractivity contribution in [3.8, 4) is 0 Å². The third-order valence-corrected chi connectivity index (χ3v) is 5.29. The Kier molecular flexibility index (Phi) is 6.51. The van der Waals surface area contributed by atoms with E-state index in [-0.39, 0.29) is 0 Å². The van der Waals surface area contributed by atoms with Crippen molar-refractivity contribution in [2.24, 2.45) is 0 Å². The largest absolute Gasteiger partial charge is 0.143 e. The summed E-state index contributed by atoms with van der Waals surface area (Å²) in [6.45, 7) is 6.64. The number of hydrogen-bond acceptors (Lipinski definition) is 3. The Hall–Kier alpha value is 0.0400. The molecule has 1 rings (SSSR count). The predicted octanol–water partition coefficient (Wildman–Crippen LogP) is 5.07. The monoisotopic (exact) mass is 304 g/mol. The van der Waals surface area contributed by atoms with Crippen LogP contribution in [0.25, 0.3) is 0 Å². The molecule has 0 aliphatic rings. The van der Waals surface area contributed by atoms with Crippen molar-refractivity contribution in [2.45, 2.75) is 63.6 Å². The highest BCUT2D eigenvalue weighted by Gasteiger charge is 2.17. The summed E-state index contributed by atoms with van der Waals surface area (Å²) in [6, 6.07) is 0. The molecule has 0 radical (unpaired) electrons. The molecule has 0 aliphatic carbocycles. The summed E-state index contributed by atoms with van der Waals surface area (Å²) < 4.78 is 0. The zero-order valence-corrected chi connectivity index (χ0v) is 12.8. The Labute approximate surface area is 111 Å². The van der Waals surface area contributed by atoms with E-state index in [0.29, 0.717) is 10.7 Å². The summed E-state index contributed by atoms with van der Waals surface area (Å²) in [4.78, 5) is 0.377. The number of rotatable bonds is 7. The first kappa shape index (κ1) is 14.1. The predicted molar refractivity (Wildman–Crippen MR) is 74.4 cm³/mol. The maximum absolute atomic E-state index is 4.36. The molecule has 0 saturated heterocycles. The van der Waals surface area contributed by atoms with Crippen LogP contribution in [-0.4, -0.2) is 10.2 Å². The van der Waals surface area contributed by atoms with Crippen LogP contribution in [0.1, 0.15) is 73.6 Å². The van der Waals surface area contributed by atoms with Crippen LogP contribution in [0.2, 0.25) is 0 Å². The third-order valence-electron chi connectivity index (χ3n) is 2.71. The molecule has 92 valence electrons. The van der Waals surface area contributed by atoms with Gasteiger partial charge in [-0.2, -0.15) is 0 Å². The van der Waals surface area contributed by atoms with Crippen molar-refractivity contribution in [1.29, 1.82) is 0 Å². The topological polar surface area (TPSA) is 25.8 Å². The first-order chi connectivity index (χ1) is 7.72. The first-order valence-corrected chi connectivity index (χ1v) is 7.93. The van der Waals surface area contributed by atoms with Gasteiger partial charge in [0, 0.05) is 5.92 Å². The molecule has 2 nitrogen and oxygen atoms in total. The van der Waals surface area contributed by atoms with Gasteiger partial charge in [-0.3, -0.25) is 0 Å². The molecule has 0 aromatic carbocycles. The van der Waals surface area contributed by atoms with Crippen LogP contribution in [0.4, 0.5) is 0 Å². The summed E-state index contributed by atoms with van der Waals surface area (Å²) in [7, 11) is 0. The Balaban J connectivity index is 2.72. The zero-order chi connectivity index (χ0) is 12.0. The van der Waals surface area contributed by atoms with Crippen molar-refractivity contribution in [1.82, 2.24) is 10.2 Å². The molecule has 0 amide bonds. The average Bonchev–Trinajstić information content (AvgIpc) is 2.77. The van der Waals surface area contributed by atoms with Gasteiger partial charge >= 0.3 is 0 Å². The summed E-state index contributed by atoms with van der Waals surface area (Å²) in [5, 5.41) is 11.0. The molecule has 0 N–H and O–H groups in total. The van der Waals surface area contributed by atoms with E-state index in [4.69, 9.17) is 0 Å². The first-order valence-electron chi connectivity index (χ1n) is 6.20. The lowest BCUT2D eigenvalue weighted by molar-refractivity contribution is 0.554. The lowest BCUT2D eigenvalue weighted by atomic mass is 9.99. The van der Waals surface area contributed by atoms with E-state index in [1.807, 2.05) is 0 Å². The fraction of sp³-hybridized carbons (Fsp3) is 0.833. The number of nitrogens with zero attached hydrogens (tertiary/aromatic N) is 2. The fourth-order valence-corrected chi connectivity index (χ4v) is 3.25. The molecule has 4 heteroatoms. The number of hydrogen-bond donors (Lipinski definition) is 0. The van der Waals surface area contributed by atoms with Gasteiger partial charge in [-0.25, -0.2) is 0 Å². The molecule has 0 aliphatic heterocycles. The standard InChI is InChI=1S/C12H21BrN2S/c1-4-7-9(8-5-2)11-14-15-12(16-11)10(13)6-3/h9-10H,4-8H2,1-3H3. The van der Waals surface area contributed by atoms with Gasteiger partial charge in [0.25, 0.3) is 0 Å². The molecule has 0 fully saturated rings. The summed E-state index contributed by atoms with van der Waals surface area (Å²) in [6.07, 6.45) is 6.00. The minimum absolute atomic E-state index is 0.377. The van der Waals surface area contributed by atoms with Crippen molar-refractivity contribution < 1.29 is 0 Å². The highest BCUT2D eigenvalue weighted by Crippen LogP contribution is 2.34. The Bertz CT molecular complexity index is 295. The molecule has 1 aromatic heterocycles. The second-order valence-corrected chi connectivity index (χ2v) is 6.27. The molecule has 0 bridgehead atoms. The molecule has 1 heterocycles. The number of aromatic nitrogens is 2. The summed E-state index contributed by atoms with van der Waals surface area (Å²) in [5.41, 5.74) is 0. The quantitative estimate of drug-likeness (QED) is 0.657. The highest BCUT2D eigenvalue weighted by atomic mass is 79.9. The normalized spacial score (nSPS) is 13.3. The van der Waals surface area contributed by atoms with E-state index in [0.717, 1.165) is 11.4 Å². The maximum atomic E-state index is 4.36. The Morgan fingerprint density at radius 1 is 1.06 bits per heavy atom. The third kappa shape index (κ3) is 3.81. The van der Waals surface area contributed by atoms with Gasteiger partial charge in [-0.05, 0) is 19.3 Å². The molecule has 1 aromatic rings. The highest BCUT2D eigenvalue weighted by molar-refractivity contribution is 9.09. The van der Waals surface area contributed by atoms with Gasteiger partial charge in [0.1, 0.15) is 10.0 Å². The number of halogens is 1. The van der Waals surface area contributed by atoms with Crippen LogP contribution >= 0.6 is 27.3 Å². The van der Waals surface area contributed by atoms with E-state index in [1.165, 1.54) is 30.7 Å². The van der Waals surface area contributed by atoms with Gasteiger partial charge in [-0.1, -0.05) is 49.5 Å². The van der Waals surface area contributed by atoms with E-state index in [2.05, 4.69) is 46.9 Å². The zero-order valence-electron chi connectivity index (χ0n) is 10.4. The van der Waals surface area contributed by atoms with Crippen LogP contribution < -0.4 is 0 Å². The van der Waals surface area contributed by atoms with Crippen molar-refractivity contribution in [3.63, 3.8) is 0 Å². The van der Waals surface area contributed by atoms with E-state index in [1.54, 1.807) is 11.3 Å². The van der Waals surface area contributed by atoms with Gasteiger partial charge in [0.05, 0.1) is 4.83 Å². The second kappa shape index (κ2) is 7.38. The molecule has 16 heavy (non-hydrogen) atoms. The van der Waals surface area contributed by atoms with Crippen molar-refractivity contribution >= 4 is 27.3 Å². The minimum Gasteiger partial charge on any atom is -0.143 e. The smallest absolute Gasteiger partial charge is 0.131 e. The van der Waals surface area contributed by atoms with Crippen LogP contribution in [-0.2, 0) is 0 Å². The molecular weight excluding hydrogens is 284 g/mol. The maximum Gasteiger partial charge on any atom is 0.131 e. The molecule has 0 spiro atoms. The van der Waals surface area contributed by atoms with E-state index >= 15 is 0 Å². The fourth-order valence-electron chi connectivity index (χ4n) is 1.80. The van der Waals surface area contributed by atoms with Gasteiger partial charge < -0.3 is 0 Å². The lowest BCUT2D eigenvalue weighted by Gasteiger charge is -2.10. The van der Waals surface area contributed by atoms with Crippen LogP contribution in [0, 0.1) is 0 Å². The molecule has 1 atom stereocenters. The van der Waals surface area contributed by atoms with Gasteiger partial charge in [0.2, 0.25) is 0 Å². The lowest BCUT2D eigenvalue weighted by Crippen LogP contribution is -1.97.